The van der Waals surface area contributed by atoms with E-state index < -0.39 is 0 Å². The number of morpholine rings is 1. The molecule has 0 atom stereocenters. The van der Waals surface area contributed by atoms with E-state index in [0.717, 1.165) is 60.2 Å². The number of allylic oxidation sites excluding steroid dienone is 1. The smallest absolute Gasteiger partial charge is 0.185 e. The molecule has 1 fully saturated rings. The van der Waals surface area contributed by atoms with Gasteiger partial charge in [-0.1, -0.05) is 54.6 Å². The van der Waals surface area contributed by atoms with Crippen LogP contribution in [0.3, 0.4) is 0 Å². The first-order valence-electron chi connectivity index (χ1n) is 12.8. The lowest BCUT2D eigenvalue weighted by atomic mass is 10.1. The number of benzene rings is 4. The molecule has 1 heterocycles. The highest BCUT2D eigenvalue weighted by Crippen LogP contribution is 2.26. The van der Waals surface area contributed by atoms with E-state index in [-0.39, 0.29) is 5.78 Å². The first kappa shape index (κ1) is 25.3. The lowest BCUT2D eigenvalue weighted by Crippen LogP contribution is -2.36. The SMILES string of the molecule is COc1ccc(/C=C/C(=O)c2ccc(N3CCOCC3)cc2)cc1COc1ccc(-c2ccccc2)cc1. The van der Waals surface area contributed by atoms with Crippen molar-refractivity contribution in [3.63, 3.8) is 0 Å². The second-order valence-electron chi connectivity index (χ2n) is 9.09. The Labute approximate surface area is 223 Å². The van der Waals surface area contributed by atoms with Crippen LogP contribution >= 0.6 is 0 Å². The van der Waals surface area contributed by atoms with Crippen LogP contribution in [0, 0.1) is 0 Å². The van der Waals surface area contributed by atoms with Crippen molar-refractivity contribution < 1.29 is 19.0 Å². The van der Waals surface area contributed by atoms with Gasteiger partial charge in [0.25, 0.3) is 0 Å². The number of carbonyl (C=O) groups excluding carboxylic acids is 1. The molecule has 0 saturated carbocycles. The third kappa shape index (κ3) is 6.31. The van der Waals surface area contributed by atoms with Crippen molar-refractivity contribution in [2.24, 2.45) is 0 Å². The monoisotopic (exact) mass is 505 g/mol. The fourth-order valence-electron chi connectivity index (χ4n) is 4.48. The van der Waals surface area contributed by atoms with Gasteiger partial charge in [0.1, 0.15) is 18.1 Å². The normalized spacial score (nSPS) is 13.4. The predicted octanol–water partition coefficient (Wildman–Crippen LogP) is 6.67. The topological polar surface area (TPSA) is 48.0 Å². The van der Waals surface area contributed by atoms with Gasteiger partial charge in [0.05, 0.1) is 20.3 Å². The van der Waals surface area contributed by atoms with Gasteiger partial charge in [-0.2, -0.15) is 0 Å². The van der Waals surface area contributed by atoms with E-state index in [1.54, 1.807) is 13.2 Å². The number of rotatable bonds is 9. The molecule has 0 N–H and O–H groups in total. The van der Waals surface area contributed by atoms with E-state index in [9.17, 15) is 4.79 Å². The van der Waals surface area contributed by atoms with Gasteiger partial charge in [0, 0.05) is 29.9 Å². The molecule has 0 bridgehead atoms. The standard InChI is InChI=1S/C33H31NO4/c1-36-33-18-8-25(7-17-32(35)28-9-13-30(14-10-28)34-19-21-37-22-20-34)23-29(33)24-38-31-15-11-27(12-16-31)26-5-3-2-4-6-26/h2-18,23H,19-22,24H2,1H3/b17-7+. The van der Waals surface area contributed by atoms with Crippen LogP contribution in [0.25, 0.3) is 17.2 Å². The fraction of sp³-hybridized carbons (Fsp3) is 0.182. The molecule has 0 amide bonds. The van der Waals surface area contributed by atoms with Crippen molar-refractivity contribution in [2.45, 2.75) is 6.61 Å². The number of hydrogen-bond acceptors (Lipinski definition) is 5. The molecule has 0 aromatic heterocycles. The summed E-state index contributed by atoms with van der Waals surface area (Å²) in [5.74, 6) is 1.49. The minimum absolute atomic E-state index is 0.0364. The average Bonchev–Trinajstić information content (AvgIpc) is 3.00. The Morgan fingerprint density at radius 2 is 1.58 bits per heavy atom. The van der Waals surface area contributed by atoms with Gasteiger partial charge in [-0.3, -0.25) is 4.79 Å². The molecule has 38 heavy (non-hydrogen) atoms. The summed E-state index contributed by atoms with van der Waals surface area (Å²) in [6.07, 6.45) is 3.44. The highest BCUT2D eigenvalue weighted by molar-refractivity contribution is 6.07. The second-order valence-corrected chi connectivity index (χ2v) is 9.09. The van der Waals surface area contributed by atoms with Gasteiger partial charge in [0.15, 0.2) is 5.78 Å². The molecule has 4 aromatic carbocycles. The first-order valence-corrected chi connectivity index (χ1v) is 12.8. The van der Waals surface area contributed by atoms with Crippen LogP contribution in [0.1, 0.15) is 21.5 Å². The molecule has 192 valence electrons. The predicted molar refractivity (Wildman–Crippen MR) is 152 cm³/mol. The number of nitrogens with zero attached hydrogens (tertiary/aromatic N) is 1. The summed E-state index contributed by atoms with van der Waals surface area (Å²) < 4.78 is 17.0. The number of anilines is 1. The van der Waals surface area contributed by atoms with Crippen LogP contribution in [0.5, 0.6) is 11.5 Å². The van der Waals surface area contributed by atoms with Crippen LogP contribution in [-0.2, 0) is 11.3 Å². The zero-order valence-corrected chi connectivity index (χ0v) is 21.5. The van der Waals surface area contributed by atoms with Crippen LogP contribution in [0.4, 0.5) is 5.69 Å². The Morgan fingerprint density at radius 3 is 2.29 bits per heavy atom. The van der Waals surface area contributed by atoms with Gasteiger partial charge >= 0.3 is 0 Å². The van der Waals surface area contributed by atoms with Crippen LogP contribution in [0.15, 0.2) is 103 Å². The molecule has 1 aliphatic rings. The Kier molecular flexibility index (Phi) is 8.16. The molecule has 4 aromatic rings. The van der Waals surface area contributed by atoms with Crippen molar-refractivity contribution in [1.29, 1.82) is 0 Å². The number of methoxy groups -OCH3 is 1. The lowest BCUT2D eigenvalue weighted by Gasteiger charge is -2.28. The molecule has 1 aliphatic heterocycles. The third-order valence-electron chi connectivity index (χ3n) is 6.62. The molecule has 5 nitrogen and oxygen atoms in total. The summed E-state index contributed by atoms with van der Waals surface area (Å²) in [6.45, 7) is 3.57. The van der Waals surface area contributed by atoms with E-state index in [0.29, 0.717) is 12.2 Å². The fourth-order valence-corrected chi connectivity index (χ4v) is 4.48. The minimum atomic E-state index is -0.0364. The van der Waals surface area contributed by atoms with Crippen molar-refractivity contribution in [2.75, 3.05) is 38.3 Å². The largest absolute Gasteiger partial charge is 0.496 e. The second kappa shape index (κ2) is 12.3. The van der Waals surface area contributed by atoms with E-state index in [2.05, 4.69) is 29.2 Å². The van der Waals surface area contributed by atoms with Crippen LogP contribution in [-0.4, -0.2) is 39.2 Å². The molecular weight excluding hydrogens is 474 g/mol. The first-order chi connectivity index (χ1) is 18.7. The number of ether oxygens (including phenoxy) is 3. The average molecular weight is 506 g/mol. The van der Waals surface area contributed by atoms with Gasteiger partial charge in [-0.05, 0) is 71.3 Å². The van der Waals surface area contributed by atoms with E-state index >= 15 is 0 Å². The summed E-state index contributed by atoms with van der Waals surface area (Å²) in [5.41, 5.74) is 5.90. The molecule has 0 spiro atoms. The quantitative estimate of drug-likeness (QED) is 0.188. The minimum Gasteiger partial charge on any atom is -0.496 e. The summed E-state index contributed by atoms with van der Waals surface area (Å²) in [7, 11) is 1.65. The molecule has 5 rings (SSSR count). The summed E-state index contributed by atoms with van der Waals surface area (Å²) >= 11 is 0. The van der Waals surface area contributed by atoms with Gasteiger partial charge in [0.2, 0.25) is 0 Å². The van der Waals surface area contributed by atoms with E-state index in [1.165, 1.54) is 5.56 Å². The van der Waals surface area contributed by atoms with Crippen LogP contribution < -0.4 is 14.4 Å². The maximum absolute atomic E-state index is 12.8. The summed E-state index contributed by atoms with van der Waals surface area (Å²) in [6, 6.07) is 31.9. The molecule has 5 heteroatoms. The highest BCUT2D eigenvalue weighted by Gasteiger charge is 2.12. The Balaban J connectivity index is 1.22. The summed E-state index contributed by atoms with van der Waals surface area (Å²) in [5, 5.41) is 0. The maximum Gasteiger partial charge on any atom is 0.185 e. The molecule has 0 aliphatic carbocycles. The van der Waals surface area contributed by atoms with Crippen molar-refractivity contribution in [3.05, 3.63) is 120 Å². The number of hydrogen-bond donors (Lipinski definition) is 0. The van der Waals surface area contributed by atoms with E-state index in [4.69, 9.17) is 14.2 Å². The van der Waals surface area contributed by atoms with Crippen molar-refractivity contribution in [1.82, 2.24) is 0 Å². The van der Waals surface area contributed by atoms with Gasteiger partial charge < -0.3 is 19.1 Å². The zero-order chi connectivity index (χ0) is 26.2. The number of carbonyl (C=O) groups is 1. The van der Waals surface area contributed by atoms with Crippen LogP contribution in [0.2, 0.25) is 0 Å². The van der Waals surface area contributed by atoms with Crippen molar-refractivity contribution in [3.8, 4) is 22.6 Å². The Hall–Kier alpha value is -4.35. The molecule has 0 unspecified atom stereocenters. The summed E-state index contributed by atoms with van der Waals surface area (Å²) in [4.78, 5) is 15.1. The van der Waals surface area contributed by atoms with Gasteiger partial charge in [-0.15, -0.1) is 0 Å². The van der Waals surface area contributed by atoms with Gasteiger partial charge in [-0.25, -0.2) is 0 Å². The molecule has 0 radical (unpaired) electrons. The van der Waals surface area contributed by atoms with Crippen molar-refractivity contribution >= 4 is 17.5 Å². The third-order valence-corrected chi connectivity index (χ3v) is 6.62. The number of ketones is 1. The zero-order valence-electron chi connectivity index (χ0n) is 21.5. The van der Waals surface area contributed by atoms with E-state index in [1.807, 2.05) is 78.9 Å². The Morgan fingerprint density at radius 1 is 0.868 bits per heavy atom. The molecular formula is C33H31NO4. The maximum atomic E-state index is 12.8. The lowest BCUT2D eigenvalue weighted by molar-refractivity contribution is 0.104. The Bertz CT molecular complexity index is 1370. The molecule has 1 saturated heterocycles. The highest BCUT2D eigenvalue weighted by atomic mass is 16.5.